The first-order chi connectivity index (χ1) is 29.1. The molecule has 0 aromatic rings. The number of ether oxygens (including phenoxy) is 1. The van der Waals surface area contributed by atoms with Crippen LogP contribution in [0.4, 0.5) is 4.79 Å². The topological polar surface area (TPSA) is 238 Å². The lowest BCUT2D eigenvalue weighted by molar-refractivity contribution is -0.0581. The summed E-state index contributed by atoms with van der Waals surface area (Å²) in [6.45, 7) is 20.4. The number of fused-ring (bicyclic) bond motifs is 5. The number of allylic oxidation sites excluding steroid dienone is 1. The summed E-state index contributed by atoms with van der Waals surface area (Å²) < 4.78 is 6.11. The molecule has 3 saturated carbocycles. The van der Waals surface area contributed by atoms with Crippen LogP contribution in [0.5, 0.6) is 0 Å². The van der Waals surface area contributed by atoms with Gasteiger partial charge in [0.2, 0.25) is 0 Å². The van der Waals surface area contributed by atoms with Gasteiger partial charge < -0.3 is 54.3 Å². The molecule has 14 nitrogen and oxygen atoms in total. The molecular formula is C47H90N12O2. The van der Waals surface area contributed by atoms with Gasteiger partial charge in [-0.3, -0.25) is 15.0 Å². The van der Waals surface area contributed by atoms with E-state index < -0.39 is 0 Å². The Morgan fingerprint density at radius 1 is 0.721 bits per heavy atom. The maximum Gasteiger partial charge on any atom is 0.407 e. The zero-order valence-electron chi connectivity index (χ0n) is 39.2. The summed E-state index contributed by atoms with van der Waals surface area (Å²) in [5.74, 6) is 5.32. The van der Waals surface area contributed by atoms with Crippen molar-refractivity contribution in [3.63, 3.8) is 0 Å². The fourth-order valence-corrected chi connectivity index (χ4v) is 12.3. The average Bonchev–Trinajstić information content (AvgIpc) is 3.56. The minimum absolute atomic E-state index is 0.0445. The van der Waals surface area contributed by atoms with E-state index in [2.05, 4.69) is 70.8 Å². The predicted molar refractivity (Wildman–Crippen MR) is 254 cm³/mol. The SMILES string of the molecule is CC(C)CCCC(C)C1CCC2C3CC=C4CC(OC(=O)NCCCN(CCCCN(CCCN=C(N)N)CCCN=C(N)N)CCCN=C(N)N)CCC4(C)C3CCC12C. The predicted octanol–water partition coefficient (Wildman–Crippen LogP) is 5.89. The summed E-state index contributed by atoms with van der Waals surface area (Å²) >= 11 is 0. The van der Waals surface area contributed by atoms with Crippen LogP contribution in [0.2, 0.25) is 0 Å². The van der Waals surface area contributed by atoms with Crippen LogP contribution in [0, 0.1) is 46.3 Å². The van der Waals surface area contributed by atoms with Gasteiger partial charge in [0, 0.05) is 32.6 Å². The van der Waals surface area contributed by atoms with Gasteiger partial charge in [-0.25, -0.2) is 4.79 Å². The van der Waals surface area contributed by atoms with Crippen molar-refractivity contribution in [2.45, 2.75) is 150 Å². The Labute approximate surface area is 370 Å². The molecule has 0 heterocycles. The molecule has 0 aromatic carbocycles. The lowest BCUT2D eigenvalue weighted by Gasteiger charge is -2.58. The number of hydrogen-bond acceptors (Lipinski definition) is 7. The van der Waals surface area contributed by atoms with Crippen LogP contribution in [0.25, 0.3) is 0 Å². The molecule has 8 atom stereocenters. The van der Waals surface area contributed by atoms with E-state index in [0.29, 0.717) is 31.6 Å². The summed E-state index contributed by atoms with van der Waals surface area (Å²) in [7, 11) is 0. The van der Waals surface area contributed by atoms with Crippen LogP contribution in [0.3, 0.4) is 0 Å². The first-order valence-electron chi connectivity index (χ1n) is 24.4. The minimum atomic E-state index is -0.282. The molecule has 13 N–H and O–H groups in total. The Kier molecular flexibility index (Phi) is 20.8. The van der Waals surface area contributed by atoms with E-state index in [4.69, 9.17) is 39.1 Å². The molecule has 1 amide bonds. The number of nitrogens with zero attached hydrogens (tertiary/aromatic N) is 5. The van der Waals surface area contributed by atoms with Crippen molar-refractivity contribution in [2.75, 3.05) is 65.4 Å². The van der Waals surface area contributed by atoms with Gasteiger partial charge in [0.25, 0.3) is 0 Å². The van der Waals surface area contributed by atoms with Gasteiger partial charge in [0.15, 0.2) is 17.9 Å². The largest absolute Gasteiger partial charge is 0.446 e. The van der Waals surface area contributed by atoms with Crippen LogP contribution < -0.4 is 39.7 Å². The lowest BCUT2D eigenvalue weighted by atomic mass is 9.47. The van der Waals surface area contributed by atoms with Gasteiger partial charge in [-0.2, -0.15) is 0 Å². The standard InChI is InChI=1S/C47H90N12O2/c1-34(2)13-8-14-35(3)39-17-18-40-38-16-15-36-33-37(19-21-46(36,4)41(38)20-22-47(39,40)5)61-45(60)57-26-12-32-59(31-11-25-56-44(52)53)28-7-6-27-58(29-9-23-54-42(48)49)30-10-24-55-43(50)51/h15,34-35,37-41H,6-14,16-33H2,1-5H3,(H,57,60)(H4,48,49,54)(H4,50,51,55)(H4,52,53,56). The molecule has 0 radical (unpaired) electrons. The number of alkyl carbamates (subject to hydrolysis) is 1. The van der Waals surface area contributed by atoms with Crippen molar-refractivity contribution in [3.05, 3.63) is 11.6 Å². The Morgan fingerprint density at radius 2 is 1.28 bits per heavy atom. The van der Waals surface area contributed by atoms with Crippen molar-refractivity contribution in [1.29, 1.82) is 0 Å². The van der Waals surface area contributed by atoms with Gasteiger partial charge in [-0.05, 0) is 169 Å². The number of guanidine groups is 3. The van der Waals surface area contributed by atoms with Gasteiger partial charge in [0.05, 0.1) is 0 Å². The number of unbranched alkanes of at least 4 members (excludes halogenated alkanes) is 1. The van der Waals surface area contributed by atoms with E-state index >= 15 is 0 Å². The van der Waals surface area contributed by atoms with E-state index in [0.717, 1.165) is 133 Å². The zero-order valence-corrected chi connectivity index (χ0v) is 39.2. The van der Waals surface area contributed by atoms with Crippen molar-refractivity contribution < 1.29 is 9.53 Å². The number of hydrogen-bond donors (Lipinski definition) is 7. The van der Waals surface area contributed by atoms with Gasteiger partial charge in [-0.1, -0.05) is 65.5 Å². The third kappa shape index (κ3) is 15.8. The van der Waals surface area contributed by atoms with Crippen LogP contribution >= 0.6 is 0 Å². The number of nitrogens with two attached hydrogens (primary N) is 6. The molecule has 0 saturated heterocycles. The Balaban J connectivity index is 1.21. The molecule has 3 fully saturated rings. The summed E-state index contributed by atoms with van der Waals surface area (Å²) in [4.78, 5) is 30.5. The molecule has 350 valence electrons. The molecule has 4 aliphatic carbocycles. The molecule has 0 aromatic heterocycles. The first-order valence-corrected chi connectivity index (χ1v) is 24.4. The fourth-order valence-electron chi connectivity index (χ4n) is 12.3. The normalized spacial score (nSPS) is 27.4. The van der Waals surface area contributed by atoms with Gasteiger partial charge >= 0.3 is 6.09 Å². The number of rotatable bonds is 27. The molecule has 4 aliphatic rings. The molecule has 61 heavy (non-hydrogen) atoms. The maximum absolute atomic E-state index is 13.1. The van der Waals surface area contributed by atoms with Crippen molar-refractivity contribution in [1.82, 2.24) is 15.1 Å². The maximum atomic E-state index is 13.1. The summed E-state index contributed by atoms with van der Waals surface area (Å²) in [5.41, 5.74) is 35.5. The monoisotopic (exact) mass is 855 g/mol. The number of aliphatic imine (C=N–C) groups is 3. The van der Waals surface area contributed by atoms with Crippen molar-refractivity contribution >= 4 is 24.0 Å². The highest BCUT2D eigenvalue weighted by molar-refractivity contribution is 5.76. The molecule has 0 spiro atoms. The van der Waals surface area contributed by atoms with Crippen LogP contribution in [0.1, 0.15) is 144 Å². The van der Waals surface area contributed by atoms with E-state index in [-0.39, 0.29) is 35.5 Å². The van der Waals surface area contributed by atoms with E-state index in [1.165, 1.54) is 51.4 Å². The zero-order chi connectivity index (χ0) is 44.4. The molecule has 4 rings (SSSR count). The second-order valence-electron chi connectivity index (χ2n) is 20.2. The fraction of sp³-hybridized carbons (Fsp3) is 0.872. The smallest absolute Gasteiger partial charge is 0.407 e. The highest BCUT2D eigenvalue weighted by atomic mass is 16.6. The number of carbonyl (C=O) groups is 1. The van der Waals surface area contributed by atoms with Crippen molar-refractivity contribution in [2.24, 2.45) is 95.7 Å². The summed E-state index contributed by atoms with van der Waals surface area (Å²) in [6.07, 6.45) is 21.8. The van der Waals surface area contributed by atoms with Crippen molar-refractivity contribution in [3.8, 4) is 0 Å². The summed E-state index contributed by atoms with van der Waals surface area (Å²) in [6, 6.07) is 0. The first kappa shape index (κ1) is 50.4. The average molecular weight is 855 g/mol. The molecule has 0 aliphatic heterocycles. The third-order valence-electron chi connectivity index (χ3n) is 15.4. The minimum Gasteiger partial charge on any atom is -0.446 e. The summed E-state index contributed by atoms with van der Waals surface area (Å²) in [5, 5.41) is 3.08. The second-order valence-corrected chi connectivity index (χ2v) is 20.2. The highest BCUT2D eigenvalue weighted by Crippen LogP contribution is 2.67. The molecule has 14 heteroatoms. The number of nitrogens with one attached hydrogen (secondary N) is 1. The molecule has 8 unspecified atom stereocenters. The van der Waals surface area contributed by atoms with Gasteiger partial charge in [-0.15, -0.1) is 0 Å². The third-order valence-corrected chi connectivity index (χ3v) is 15.4. The second kappa shape index (κ2) is 25.1. The molecule has 0 bridgehead atoms. The van der Waals surface area contributed by atoms with Crippen LogP contribution in [-0.2, 0) is 4.74 Å². The Bertz CT molecular complexity index is 1420. The van der Waals surface area contributed by atoms with E-state index in [1.807, 2.05) is 0 Å². The van der Waals surface area contributed by atoms with E-state index in [9.17, 15) is 4.79 Å². The molecular weight excluding hydrogens is 765 g/mol. The van der Waals surface area contributed by atoms with Gasteiger partial charge in [0.1, 0.15) is 6.10 Å². The van der Waals surface area contributed by atoms with Crippen LogP contribution in [-0.4, -0.2) is 105 Å². The number of carbonyl (C=O) groups excluding carboxylic acids is 1. The lowest BCUT2D eigenvalue weighted by Crippen LogP contribution is -2.51. The Hall–Kier alpha value is -3.26. The van der Waals surface area contributed by atoms with E-state index in [1.54, 1.807) is 5.57 Å². The Morgan fingerprint density at radius 3 is 1.84 bits per heavy atom. The quantitative estimate of drug-likeness (QED) is 0.0224. The van der Waals surface area contributed by atoms with Crippen LogP contribution in [0.15, 0.2) is 26.6 Å². The highest BCUT2D eigenvalue weighted by Gasteiger charge is 2.59. The number of amides is 1.